The molecule has 0 atom stereocenters. The summed E-state index contributed by atoms with van der Waals surface area (Å²) in [7, 11) is -3.83. The summed E-state index contributed by atoms with van der Waals surface area (Å²) in [5.74, 6) is 0.0324. The molecule has 0 spiro atoms. The Morgan fingerprint density at radius 3 is 2.39 bits per heavy atom. The molecular weight excluding hydrogens is 318 g/mol. The molecule has 1 aromatic heterocycles. The van der Waals surface area contributed by atoms with Crippen molar-refractivity contribution in [3.63, 3.8) is 0 Å². The second-order valence-electron chi connectivity index (χ2n) is 3.65. The molecule has 0 amide bonds. The first-order chi connectivity index (χ1) is 8.47. The van der Waals surface area contributed by atoms with Crippen molar-refractivity contribution in [1.82, 2.24) is 4.98 Å². The lowest BCUT2D eigenvalue weighted by Gasteiger charge is -2.06. The molecule has 0 N–H and O–H groups in total. The minimum absolute atomic E-state index is 0.0324. The van der Waals surface area contributed by atoms with E-state index in [9.17, 15) is 8.42 Å². The number of aromatic nitrogens is 1. The van der Waals surface area contributed by atoms with E-state index in [1.165, 1.54) is 18.2 Å². The van der Waals surface area contributed by atoms with E-state index in [2.05, 4.69) is 20.9 Å². The zero-order valence-electron chi connectivity index (χ0n) is 9.50. The van der Waals surface area contributed by atoms with Gasteiger partial charge >= 0.3 is 10.1 Å². The molecule has 18 heavy (non-hydrogen) atoms. The number of nitrogens with zero attached hydrogens (tertiary/aromatic N) is 1. The van der Waals surface area contributed by atoms with Crippen molar-refractivity contribution in [3.8, 4) is 5.88 Å². The highest BCUT2D eigenvalue weighted by atomic mass is 79.9. The molecule has 1 heterocycles. The van der Waals surface area contributed by atoms with Gasteiger partial charge in [0.15, 0.2) is 0 Å². The maximum absolute atomic E-state index is 11.9. The number of pyridine rings is 1. The second kappa shape index (κ2) is 5.07. The van der Waals surface area contributed by atoms with Crippen LogP contribution in [0.15, 0.2) is 52.0 Å². The first-order valence-electron chi connectivity index (χ1n) is 5.11. The third kappa shape index (κ3) is 3.08. The van der Waals surface area contributed by atoms with E-state index >= 15 is 0 Å². The van der Waals surface area contributed by atoms with Gasteiger partial charge in [-0.1, -0.05) is 23.8 Å². The van der Waals surface area contributed by atoms with Crippen LogP contribution in [-0.4, -0.2) is 13.4 Å². The summed E-state index contributed by atoms with van der Waals surface area (Å²) in [6.07, 6.45) is 0. The molecule has 0 saturated carbocycles. The molecule has 4 nitrogen and oxygen atoms in total. The van der Waals surface area contributed by atoms with Crippen molar-refractivity contribution in [2.24, 2.45) is 0 Å². The number of rotatable bonds is 3. The van der Waals surface area contributed by atoms with Crippen LogP contribution in [0, 0.1) is 6.92 Å². The van der Waals surface area contributed by atoms with Crippen molar-refractivity contribution in [2.45, 2.75) is 11.8 Å². The normalized spacial score (nSPS) is 11.2. The van der Waals surface area contributed by atoms with Gasteiger partial charge in [0.25, 0.3) is 0 Å². The lowest BCUT2D eigenvalue weighted by atomic mass is 10.2. The Kier molecular flexibility index (Phi) is 3.68. The van der Waals surface area contributed by atoms with Crippen molar-refractivity contribution in [3.05, 3.63) is 52.6 Å². The van der Waals surface area contributed by atoms with Gasteiger partial charge in [-0.15, -0.1) is 0 Å². The monoisotopic (exact) mass is 327 g/mol. The predicted molar refractivity (Wildman–Crippen MR) is 70.9 cm³/mol. The smallest absolute Gasteiger partial charge is 0.340 e. The fourth-order valence-corrected chi connectivity index (χ4v) is 2.51. The topological polar surface area (TPSA) is 56.3 Å². The largest absolute Gasteiger partial charge is 0.358 e. The van der Waals surface area contributed by atoms with Gasteiger partial charge < -0.3 is 4.18 Å². The first-order valence-corrected chi connectivity index (χ1v) is 7.31. The van der Waals surface area contributed by atoms with E-state index in [4.69, 9.17) is 4.18 Å². The summed E-state index contributed by atoms with van der Waals surface area (Å²) < 4.78 is 29.3. The molecule has 0 bridgehead atoms. The van der Waals surface area contributed by atoms with Gasteiger partial charge in [-0.2, -0.15) is 8.42 Å². The molecule has 0 aliphatic carbocycles. The molecule has 1 aromatic carbocycles. The summed E-state index contributed by atoms with van der Waals surface area (Å²) >= 11 is 3.15. The minimum atomic E-state index is -3.83. The maximum Gasteiger partial charge on any atom is 0.340 e. The van der Waals surface area contributed by atoms with Crippen LogP contribution in [0.5, 0.6) is 5.88 Å². The minimum Gasteiger partial charge on any atom is -0.358 e. The quantitative estimate of drug-likeness (QED) is 0.642. The van der Waals surface area contributed by atoms with E-state index in [0.717, 1.165) is 5.56 Å². The van der Waals surface area contributed by atoms with E-state index < -0.39 is 10.1 Å². The molecule has 0 saturated heterocycles. The van der Waals surface area contributed by atoms with E-state index in [1.54, 1.807) is 24.3 Å². The van der Waals surface area contributed by atoms with E-state index in [1.807, 2.05) is 6.92 Å². The summed E-state index contributed by atoms with van der Waals surface area (Å²) in [6.45, 7) is 1.88. The third-order valence-electron chi connectivity index (χ3n) is 2.19. The zero-order valence-corrected chi connectivity index (χ0v) is 11.9. The van der Waals surface area contributed by atoms with Crippen LogP contribution in [0.25, 0.3) is 0 Å². The van der Waals surface area contributed by atoms with Crippen molar-refractivity contribution >= 4 is 26.0 Å². The van der Waals surface area contributed by atoms with Gasteiger partial charge in [0.05, 0.1) is 0 Å². The Hall–Kier alpha value is -1.40. The van der Waals surface area contributed by atoms with Gasteiger partial charge in [0, 0.05) is 6.07 Å². The summed E-state index contributed by atoms with van der Waals surface area (Å²) in [6, 6.07) is 11.2. The molecular formula is C12H10BrNO3S. The highest BCUT2D eigenvalue weighted by Crippen LogP contribution is 2.18. The van der Waals surface area contributed by atoms with Crippen LogP contribution in [0.1, 0.15) is 5.56 Å². The molecule has 2 aromatic rings. The van der Waals surface area contributed by atoms with Gasteiger partial charge in [-0.25, -0.2) is 4.98 Å². The molecule has 0 unspecified atom stereocenters. The second-order valence-corrected chi connectivity index (χ2v) is 6.01. The Morgan fingerprint density at radius 1 is 1.11 bits per heavy atom. The summed E-state index contributed by atoms with van der Waals surface area (Å²) in [5, 5.41) is 0. The summed E-state index contributed by atoms with van der Waals surface area (Å²) in [5.41, 5.74) is 0.981. The number of hydrogen-bond donors (Lipinski definition) is 0. The van der Waals surface area contributed by atoms with Gasteiger partial charge in [-0.05, 0) is 41.1 Å². The number of halogens is 1. The Balaban J connectivity index is 2.30. The summed E-state index contributed by atoms with van der Waals surface area (Å²) in [4.78, 5) is 4.02. The Morgan fingerprint density at radius 2 is 1.78 bits per heavy atom. The lowest BCUT2D eigenvalue weighted by Crippen LogP contribution is -2.10. The maximum atomic E-state index is 11.9. The van der Waals surface area contributed by atoms with Crippen molar-refractivity contribution in [1.29, 1.82) is 0 Å². The standard InChI is InChI=1S/C12H10BrNO3S/c1-9-5-7-10(8-6-9)18(15,16)17-12-4-2-3-11(13)14-12/h2-8H,1H3. The van der Waals surface area contributed by atoms with Gasteiger partial charge in [-0.3, -0.25) is 0 Å². The van der Waals surface area contributed by atoms with Gasteiger partial charge in [0.1, 0.15) is 9.50 Å². The fraction of sp³-hybridized carbons (Fsp3) is 0.0833. The highest BCUT2D eigenvalue weighted by molar-refractivity contribution is 9.10. The molecule has 0 aliphatic heterocycles. The third-order valence-corrected chi connectivity index (χ3v) is 3.88. The van der Waals surface area contributed by atoms with Crippen LogP contribution in [-0.2, 0) is 10.1 Å². The Labute approximate surface area is 114 Å². The molecule has 0 fully saturated rings. The average Bonchev–Trinajstić information content (AvgIpc) is 2.29. The van der Waals surface area contributed by atoms with Crippen LogP contribution < -0.4 is 4.18 Å². The van der Waals surface area contributed by atoms with E-state index in [0.29, 0.717) is 4.60 Å². The Bertz CT molecular complexity index is 653. The van der Waals surface area contributed by atoms with Crippen LogP contribution >= 0.6 is 15.9 Å². The molecule has 0 radical (unpaired) electrons. The van der Waals surface area contributed by atoms with Crippen LogP contribution in [0.2, 0.25) is 0 Å². The van der Waals surface area contributed by atoms with Crippen LogP contribution in [0.4, 0.5) is 0 Å². The van der Waals surface area contributed by atoms with Crippen molar-refractivity contribution < 1.29 is 12.6 Å². The van der Waals surface area contributed by atoms with E-state index in [-0.39, 0.29) is 10.8 Å². The van der Waals surface area contributed by atoms with Crippen LogP contribution in [0.3, 0.4) is 0 Å². The number of benzene rings is 1. The predicted octanol–water partition coefficient (Wildman–Crippen LogP) is 2.92. The number of hydrogen-bond acceptors (Lipinski definition) is 4. The SMILES string of the molecule is Cc1ccc(S(=O)(=O)Oc2cccc(Br)n2)cc1. The highest BCUT2D eigenvalue weighted by Gasteiger charge is 2.16. The molecule has 0 aliphatic rings. The number of aryl methyl sites for hydroxylation is 1. The average molecular weight is 328 g/mol. The zero-order chi connectivity index (χ0) is 13.2. The van der Waals surface area contributed by atoms with Crippen molar-refractivity contribution in [2.75, 3.05) is 0 Å². The molecule has 6 heteroatoms. The molecule has 2 rings (SSSR count). The van der Waals surface area contributed by atoms with Gasteiger partial charge in [0.2, 0.25) is 5.88 Å². The molecule has 94 valence electrons. The lowest BCUT2D eigenvalue weighted by molar-refractivity contribution is 0.475. The fourth-order valence-electron chi connectivity index (χ4n) is 1.30. The first kappa shape index (κ1) is 13.0.